The van der Waals surface area contributed by atoms with Crippen LogP contribution in [0.4, 0.5) is 10.1 Å². The number of piperazine rings is 1. The SMILES string of the molecule is COc1cc2c(cc1OC)C(CCN1CCN(c3ccc(F)cc3)CC1)OCC(C)(C)C2. The van der Waals surface area contributed by atoms with Crippen molar-refractivity contribution in [1.29, 1.82) is 0 Å². The van der Waals surface area contributed by atoms with Gasteiger partial charge >= 0.3 is 0 Å². The number of halogens is 1. The smallest absolute Gasteiger partial charge is 0.161 e. The number of fused-ring (bicyclic) bond motifs is 1. The van der Waals surface area contributed by atoms with Crippen LogP contribution in [-0.2, 0) is 11.2 Å². The molecule has 0 bridgehead atoms. The first-order valence-corrected chi connectivity index (χ1v) is 11.5. The van der Waals surface area contributed by atoms with Gasteiger partial charge in [-0.15, -0.1) is 0 Å². The minimum Gasteiger partial charge on any atom is -0.493 e. The van der Waals surface area contributed by atoms with E-state index >= 15 is 0 Å². The van der Waals surface area contributed by atoms with Crippen molar-refractivity contribution in [3.05, 3.63) is 53.3 Å². The molecule has 2 heterocycles. The summed E-state index contributed by atoms with van der Waals surface area (Å²) in [6.45, 7) is 10.1. The second kappa shape index (κ2) is 9.67. The largest absolute Gasteiger partial charge is 0.493 e. The lowest BCUT2D eigenvalue weighted by Gasteiger charge is -2.36. The molecule has 0 amide bonds. The van der Waals surface area contributed by atoms with Gasteiger partial charge in [0.1, 0.15) is 5.82 Å². The Hall–Kier alpha value is -2.31. The second-order valence-corrected chi connectivity index (χ2v) is 9.64. The summed E-state index contributed by atoms with van der Waals surface area (Å²) in [5.74, 6) is 1.35. The molecule has 0 spiro atoms. The first-order valence-electron chi connectivity index (χ1n) is 11.5. The van der Waals surface area contributed by atoms with E-state index in [1.807, 2.05) is 12.1 Å². The minimum atomic E-state index is -0.187. The van der Waals surface area contributed by atoms with E-state index in [0.717, 1.165) is 69.4 Å². The molecule has 0 radical (unpaired) electrons. The van der Waals surface area contributed by atoms with Gasteiger partial charge < -0.3 is 19.1 Å². The summed E-state index contributed by atoms with van der Waals surface area (Å²) in [6, 6.07) is 11.0. The summed E-state index contributed by atoms with van der Waals surface area (Å²) in [5, 5.41) is 0. The fraction of sp³-hybridized carbons (Fsp3) is 0.538. The lowest BCUT2D eigenvalue weighted by molar-refractivity contribution is 0.000909. The lowest BCUT2D eigenvalue weighted by atomic mass is 9.85. The Balaban J connectivity index is 1.42. The molecule has 2 aliphatic heterocycles. The Morgan fingerprint density at radius 3 is 2.31 bits per heavy atom. The fourth-order valence-corrected chi connectivity index (χ4v) is 4.79. The lowest BCUT2D eigenvalue weighted by Crippen LogP contribution is -2.46. The van der Waals surface area contributed by atoms with Gasteiger partial charge in [0, 0.05) is 38.4 Å². The van der Waals surface area contributed by atoms with Crippen LogP contribution in [0.1, 0.15) is 37.5 Å². The Morgan fingerprint density at radius 1 is 1.00 bits per heavy atom. The van der Waals surface area contributed by atoms with Gasteiger partial charge in [-0.3, -0.25) is 4.90 Å². The molecular formula is C26H35FN2O3. The standard InChI is InChI=1S/C26H35FN2O3/c1-26(2)17-19-15-24(30-3)25(31-4)16-22(19)23(32-18-26)9-10-28-11-13-29(14-12-28)21-7-5-20(27)6-8-21/h5-8,15-16,23H,9-14,17-18H2,1-4H3. The molecule has 5 nitrogen and oxygen atoms in total. The maximum absolute atomic E-state index is 13.2. The molecule has 4 rings (SSSR count). The second-order valence-electron chi connectivity index (χ2n) is 9.64. The fourth-order valence-electron chi connectivity index (χ4n) is 4.79. The van der Waals surface area contributed by atoms with Gasteiger partial charge in [-0.05, 0) is 65.8 Å². The van der Waals surface area contributed by atoms with Crippen molar-refractivity contribution in [2.24, 2.45) is 5.41 Å². The highest BCUT2D eigenvalue weighted by molar-refractivity contribution is 5.49. The average Bonchev–Trinajstić information content (AvgIpc) is 2.92. The van der Waals surface area contributed by atoms with Gasteiger partial charge in [-0.25, -0.2) is 4.39 Å². The Kier molecular flexibility index (Phi) is 6.91. The molecule has 2 aromatic rings. The highest BCUT2D eigenvalue weighted by atomic mass is 19.1. The van der Waals surface area contributed by atoms with Crippen LogP contribution < -0.4 is 14.4 Å². The van der Waals surface area contributed by atoms with Gasteiger partial charge in [0.05, 0.1) is 26.9 Å². The molecule has 1 atom stereocenters. The van der Waals surface area contributed by atoms with E-state index in [4.69, 9.17) is 14.2 Å². The Bertz CT molecular complexity index is 908. The summed E-state index contributed by atoms with van der Waals surface area (Å²) in [7, 11) is 3.37. The van der Waals surface area contributed by atoms with Crippen molar-refractivity contribution in [2.75, 3.05) is 58.5 Å². The zero-order valence-electron chi connectivity index (χ0n) is 19.7. The first-order chi connectivity index (χ1) is 15.4. The van der Waals surface area contributed by atoms with Crippen molar-refractivity contribution < 1.29 is 18.6 Å². The predicted molar refractivity (Wildman–Crippen MR) is 125 cm³/mol. The van der Waals surface area contributed by atoms with Crippen molar-refractivity contribution in [3.8, 4) is 11.5 Å². The Morgan fingerprint density at radius 2 is 1.66 bits per heavy atom. The molecular weight excluding hydrogens is 407 g/mol. The monoisotopic (exact) mass is 442 g/mol. The molecule has 0 N–H and O–H groups in total. The molecule has 0 aromatic heterocycles. The molecule has 0 saturated carbocycles. The van der Waals surface area contributed by atoms with Crippen LogP contribution in [0.5, 0.6) is 11.5 Å². The van der Waals surface area contributed by atoms with Crippen LogP contribution in [0.2, 0.25) is 0 Å². The van der Waals surface area contributed by atoms with E-state index in [0.29, 0.717) is 0 Å². The normalized spacial score (nSPS) is 21.0. The van der Waals surface area contributed by atoms with Gasteiger partial charge in [0.25, 0.3) is 0 Å². The highest BCUT2D eigenvalue weighted by Crippen LogP contribution is 2.41. The Labute approximate surface area is 191 Å². The third-order valence-corrected chi connectivity index (χ3v) is 6.61. The number of methoxy groups -OCH3 is 2. The van der Waals surface area contributed by atoms with E-state index < -0.39 is 0 Å². The van der Waals surface area contributed by atoms with Crippen molar-refractivity contribution in [3.63, 3.8) is 0 Å². The van der Waals surface area contributed by atoms with Gasteiger partial charge in [-0.1, -0.05) is 13.8 Å². The molecule has 174 valence electrons. The van der Waals surface area contributed by atoms with Crippen LogP contribution in [0.25, 0.3) is 0 Å². The van der Waals surface area contributed by atoms with Gasteiger partial charge in [-0.2, -0.15) is 0 Å². The van der Waals surface area contributed by atoms with Crippen molar-refractivity contribution in [2.45, 2.75) is 32.8 Å². The quantitative estimate of drug-likeness (QED) is 0.648. The summed E-state index contributed by atoms with van der Waals surface area (Å²) in [5.41, 5.74) is 3.67. The van der Waals surface area contributed by atoms with E-state index in [1.165, 1.54) is 23.3 Å². The predicted octanol–water partition coefficient (Wildman–Crippen LogP) is 4.70. The zero-order chi connectivity index (χ0) is 22.7. The third-order valence-electron chi connectivity index (χ3n) is 6.61. The van der Waals surface area contributed by atoms with E-state index in [-0.39, 0.29) is 17.3 Å². The zero-order valence-corrected chi connectivity index (χ0v) is 19.7. The molecule has 6 heteroatoms. The summed E-state index contributed by atoms with van der Waals surface area (Å²) in [6.07, 6.45) is 1.94. The van der Waals surface area contributed by atoms with Crippen LogP contribution in [0.3, 0.4) is 0 Å². The van der Waals surface area contributed by atoms with Crippen LogP contribution in [0.15, 0.2) is 36.4 Å². The van der Waals surface area contributed by atoms with Crippen LogP contribution >= 0.6 is 0 Å². The number of ether oxygens (including phenoxy) is 3. The van der Waals surface area contributed by atoms with Crippen molar-refractivity contribution >= 4 is 5.69 Å². The molecule has 0 aliphatic carbocycles. The molecule has 1 saturated heterocycles. The number of rotatable bonds is 6. The number of benzene rings is 2. The molecule has 2 aliphatic rings. The number of nitrogens with zero attached hydrogens (tertiary/aromatic N) is 2. The molecule has 1 fully saturated rings. The van der Waals surface area contributed by atoms with Crippen LogP contribution in [0, 0.1) is 11.2 Å². The van der Waals surface area contributed by atoms with Crippen molar-refractivity contribution in [1.82, 2.24) is 4.90 Å². The maximum atomic E-state index is 13.2. The topological polar surface area (TPSA) is 34.2 Å². The maximum Gasteiger partial charge on any atom is 0.161 e. The highest BCUT2D eigenvalue weighted by Gasteiger charge is 2.31. The van der Waals surface area contributed by atoms with E-state index in [1.54, 1.807) is 14.2 Å². The summed E-state index contributed by atoms with van der Waals surface area (Å²) >= 11 is 0. The minimum absolute atomic E-state index is 0.0432. The van der Waals surface area contributed by atoms with E-state index in [2.05, 4.69) is 35.8 Å². The molecule has 1 unspecified atom stereocenters. The number of hydrogen-bond donors (Lipinski definition) is 0. The molecule has 2 aromatic carbocycles. The first kappa shape index (κ1) is 22.9. The number of hydrogen-bond acceptors (Lipinski definition) is 5. The van der Waals surface area contributed by atoms with Crippen LogP contribution in [-0.4, -0.2) is 58.5 Å². The van der Waals surface area contributed by atoms with E-state index in [9.17, 15) is 4.39 Å². The molecule has 32 heavy (non-hydrogen) atoms. The third kappa shape index (κ3) is 5.18. The number of anilines is 1. The van der Waals surface area contributed by atoms with Gasteiger partial charge in [0.15, 0.2) is 11.5 Å². The van der Waals surface area contributed by atoms with Gasteiger partial charge in [0.2, 0.25) is 0 Å². The average molecular weight is 443 g/mol. The summed E-state index contributed by atoms with van der Waals surface area (Å²) < 4.78 is 30.8. The summed E-state index contributed by atoms with van der Waals surface area (Å²) in [4.78, 5) is 4.83.